The lowest BCUT2D eigenvalue weighted by molar-refractivity contribution is -0.505. The first-order chi connectivity index (χ1) is 7.52. The van der Waals surface area contributed by atoms with Crippen molar-refractivity contribution in [2.75, 3.05) is 11.5 Å². The van der Waals surface area contributed by atoms with Crippen molar-refractivity contribution in [3.63, 3.8) is 0 Å². The van der Waals surface area contributed by atoms with Gasteiger partial charge in [-0.15, -0.1) is 0 Å². The Bertz CT molecular complexity index is 219. The van der Waals surface area contributed by atoms with E-state index in [-0.39, 0.29) is 0 Å². The Morgan fingerprint density at radius 2 is 1.31 bits per heavy atom. The maximum atomic E-state index is 10.6. The van der Waals surface area contributed by atoms with E-state index in [0.29, 0.717) is 11.5 Å². The zero-order chi connectivity index (χ0) is 12.6. The highest BCUT2D eigenvalue weighted by molar-refractivity contribution is 8.76. The molecular formula is C6H12N2O4S4. The molecule has 0 fully saturated rings. The zero-order valence-corrected chi connectivity index (χ0v) is 11.3. The molecule has 0 amide bonds. The van der Waals surface area contributed by atoms with Crippen LogP contribution in [0.2, 0.25) is 0 Å². The second-order valence-electron chi connectivity index (χ2n) is 2.73. The highest BCUT2D eigenvalue weighted by Gasteiger charge is 2.19. The Balaban J connectivity index is 3.73. The third kappa shape index (κ3) is 6.76. The molecule has 6 nitrogen and oxygen atoms in total. The molecule has 10 heteroatoms. The monoisotopic (exact) mass is 304 g/mol. The molecule has 0 heterocycles. The number of carboxylic acids is 2. The van der Waals surface area contributed by atoms with Gasteiger partial charge in [0.25, 0.3) is 0 Å². The summed E-state index contributed by atoms with van der Waals surface area (Å²) in [4.78, 5) is 21.2. The summed E-state index contributed by atoms with van der Waals surface area (Å²) in [5.74, 6) is -1.28. The minimum atomic E-state index is -0.965. The molecule has 0 aliphatic rings. The predicted molar refractivity (Wildman–Crippen MR) is 66.3 cm³/mol. The van der Waals surface area contributed by atoms with Crippen LogP contribution in [0.4, 0.5) is 0 Å². The van der Waals surface area contributed by atoms with Crippen LogP contribution in [0.3, 0.4) is 0 Å². The molecule has 0 spiro atoms. The number of aliphatic carboxylic acids is 2. The normalized spacial score (nSPS) is 14.4. The van der Waals surface area contributed by atoms with Crippen LogP contribution in [-0.4, -0.2) is 45.7 Å². The third-order valence-electron chi connectivity index (χ3n) is 1.54. The van der Waals surface area contributed by atoms with Crippen LogP contribution in [0.25, 0.3) is 0 Å². The second-order valence-corrected chi connectivity index (χ2v) is 5.83. The maximum absolute atomic E-state index is 10.6. The molecule has 2 unspecified atom stereocenters. The van der Waals surface area contributed by atoms with Crippen LogP contribution in [0.1, 0.15) is 0 Å². The smallest absolute Gasteiger partial charge is 0.361 e. The van der Waals surface area contributed by atoms with E-state index < -0.39 is 24.0 Å². The van der Waals surface area contributed by atoms with Crippen LogP contribution >= 0.6 is 21.6 Å². The first kappa shape index (κ1) is 16.3. The van der Waals surface area contributed by atoms with E-state index in [2.05, 4.69) is 25.6 Å². The van der Waals surface area contributed by atoms with Crippen LogP contribution in [-0.2, 0) is 35.2 Å². The molecule has 0 radical (unpaired) electrons. The van der Waals surface area contributed by atoms with E-state index in [1.165, 1.54) is 31.0 Å². The van der Waals surface area contributed by atoms with E-state index in [1.807, 2.05) is 0 Å². The van der Waals surface area contributed by atoms with Gasteiger partial charge in [0.15, 0.2) is 12.1 Å². The number of nitrogens with two attached hydrogens (primary N) is 2. The van der Waals surface area contributed by atoms with Crippen LogP contribution < -0.4 is 9.44 Å². The zero-order valence-electron chi connectivity index (χ0n) is 8.07. The van der Waals surface area contributed by atoms with Gasteiger partial charge in [0.1, 0.15) is 0 Å². The van der Waals surface area contributed by atoms with Gasteiger partial charge in [-0.1, -0.05) is 21.6 Å². The molecule has 0 aromatic rings. The number of rotatable bonds is 9. The predicted octanol–water partition coefficient (Wildman–Crippen LogP) is -2.68. The van der Waals surface area contributed by atoms with Crippen molar-refractivity contribution in [2.24, 2.45) is 0 Å². The lowest BCUT2D eigenvalue weighted by Gasteiger charge is -2.14. The first-order valence-electron chi connectivity index (χ1n) is 4.13. The standard InChI is InChI=1S/C6H12N2O4S4/c9-5(10)3(7-13)1-15-16-2-4(8-14)6(11)12/h3-4H,1-2,7-8H2,(H,9,10)(H,11,12). The number of carboxylic acid groups (broad SMARTS) is 2. The number of carbonyl (C=O) groups is 2. The molecule has 0 bridgehead atoms. The molecule has 94 valence electrons. The van der Waals surface area contributed by atoms with Crippen molar-refractivity contribution in [3.8, 4) is 0 Å². The summed E-state index contributed by atoms with van der Waals surface area (Å²) >= 11 is 9.14. The molecule has 0 saturated heterocycles. The Morgan fingerprint density at radius 1 is 1.00 bits per heavy atom. The van der Waals surface area contributed by atoms with Crippen molar-refractivity contribution in [3.05, 3.63) is 0 Å². The van der Waals surface area contributed by atoms with E-state index in [4.69, 9.17) is 10.2 Å². The fraction of sp³-hybridized carbons (Fsp3) is 0.667. The van der Waals surface area contributed by atoms with Crippen molar-refractivity contribution in [1.82, 2.24) is 0 Å². The van der Waals surface area contributed by atoms with E-state index in [0.717, 1.165) is 0 Å². The lowest BCUT2D eigenvalue weighted by atomic mass is 10.4. The van der Waals surface area contributed by atoms with Crippen molar-refractivity contribution in [2.45, 2.75) is 12.1 Å². The molecule has 0 aliphatic heterocycles. The summed E-state index contributed by atoms with van der Waals surface area (Å²) in [6.45, 7) is 0. The van der Waals surface area contributed by atoms with Gasteiger partial charge in [-0.05, 0) is 0 Å². The molecule has 16 heavy (non-hydrogen) atoms. The Morgan fingerprint density at radius 3 is 1.50 bits per heavy atom. The van der Waals surface area contributed by atoms with Gasteiger partial charge in [0.05, 0.1) is 11.5 Å². The molecule has 0 aliphatic carbocycles. The summed E-state index contributed by atoms with van der Waals surface area (Å²) in [5.41, 5.74) is 0. The van der Waals surface area contributed by atoms with Crippen LogP contribution in [0.5, 0.6) is 0 Å². The summed E-state index contributed by atoms with van der Waals surface area (Å²) < 4.78 is 2.40. The average molecular weight is 304 g/mol. The Kier molecular flexibility index (Phi) is 9.46. The van der Waals surface area contributed by atoms with Gasteiger partial charge < -0.3 is 45.3 Å². The molecule has 2 atom stereocenters. The van der Waals surface area contributed by atoms with Gasteiger partial charge in [-0.2, -0.15) is 0 Å². The minimum Gasteiger partial charge on any atom is -0.497 e. The van der Waals surface area contributed by atoms with Gasteiger partial charge in [0.2, 0.25) is 0 Å². The van der Waals surface area contributed by atoms with Gasteiger partial charge in [-0.25, -0.2) is 9.59 Å². The quantitative estimate of drug-likeness (QED) is 0.207. The van der Waals surface area contributed by atoms with Crippen molar-refractivity contribution in [1.29, 1.82) is 0 Å². The first-order valence-corrected chi connectivity index (χ1v) is 7.56. The molecule has 0 rings (SSSR count). The Hall–Kier alpha value is 0.260. The number of hydrogen-bond donors (Lipinski definition) is 4. The van der Waals surface area contributed by atoms with Gasteiger partial charge in [0, 0.05) is 0 Å². The molecule has 0 aromatic heterocycles. The van der Waals surface area contributed by atoms with Crippen molar-refractivity contribution >= 4 is 59.2 Å². The lowest BCUT2D eigenvalue weighted by Crippen LogP contribution is -2.87. The molecule has 0 saturated carbocycles. The highest BCUT2D eigenvalue weighted by Crippen LogP contribution is 2.21. The fourth-order valence-electron chi connectivity index (χ4n) is 0.580. The molecular weight excluding hydrogens is 292 g/mol. The largest absolute Gasteiger partial charge is 0.497 e. The highest BCUT2D eigenvalue weighted by atomic mass is 33.1. The van der Waals surface area contributed by atoms with Crippen LogP contribution in [0.15, 0.2) is 0 Å². The van der Waals surface area contributed by atoms with Crippen molar-refractivity contribution < 1.29 is 29.2 Å². The maximum Gasteiger partial charge on any atom is 0.361 e. The topological polar surface area (TPSA) is 108 Å². The molecule has 0 aromatic carbocycles. The van der Waals surface area contributed by atoms with E-state index >= 15 is 0 Å². The Labute approximate surface area is 112 Å². The summed E-state index contributed by atoms with van der Waals surface area (Å²) in [5, 5.41) is 17.4. The number of hydrogen-bond acceptors (Lipinski definition) is 6. The fourth-order valence-corrected chi connectivity index (χ4v) is 3.67. The summed E-state index contributed by atoms with van der Waals surface area (Å²) in [6, 6.07) is -1.36. The third-order valence-corrected chi connectivity index (χ3v) is 4.67. The van der Waals surface area contributed by atoms with Gasteiger partial charge in [-0.3, -0.25) is 0 Å². The van der Waals surface area contributed by atoms with Crippen LogP contribution in [0, 0.1) is 0 Å². The van der Waals surface area contributed by atoms with E-state index in [9.17, 15) is 9.59 Å². The SMILES string of the molecule is O=C(O)C(CSSCC([NH2+][S-])C(=O)O)[NH2+][S-]. The average Bonchev–Trinajstić information content (AvgIpc) is 2.22. The minimum absolute atomic E-state index is 0.327. The summed E-state index contributed by atoms with van der Waals surface area (Å²) in [7, 11) is 2.57. The number of quaternary nitrogens is 2. The van der Waals surface area contributed by atoms with E-state index in [1.54, 1.807) is 0 Å². The molecule has 6 N–H and O–H groups in total. The second kappa shape index (κ2) is 9.31. The summed E-state index contributed by atoms with van der Waals surface area (Å²) in [6.07, 6.45) is 0. The van der Waals surface area contributed by atoms with Gasteiger partial charge >= 0.3 is 11.9 Å².